The van der Waals surface area contributed by atoms with Crippen LogP contribution in [0.2, 0.25) is 0 Å². The van der Waals surface area contributed by atoms with Crippen LogP contribution < -0.4 is 5.73 Å². The highest BCUT2D eigenvalue weighted by molar-refractivity contribution is 6.05. The molecule has 1 atom stereocenters. The fourth-order valence-corrected chi connectivity index (χ4v) is 3.03. The Kier molecular flexibility index (Phi) is 3.57. The maximum absolute atomic E-state index is 11.5. The minimum absolute atomic E-state index is 0.0329. The molecule has 0 aliphatic heterocycles. The summed E-state index contributed by atoms with van der Waals surface area (Å²) >= 11 is 0. The van der Waals surface area contributed by atoms with E-state index in [1.54, 1.807) is 37.1 Å². The van der Waals surface area contributed by atoms with E-state index in [2.05, 4.69) is 32.0 Å². The number of carbonyl (C=O) groups excluding carboxylic acids is 1. The molecule has 4 aromatic heterocycles. The van der Waals surface area contributed by atoms with Gasteiger partial charge in [0.05, 0.1) is 29.5 Å². The van der Waals surface area contributed by atoms with E-state index in [9.17, 15) is 4.79 Å². The fourth-order valence-electron chi connectivity index (χ4n) is 3.03. The van der Waals surface area contributed by atoms with E-state index in [4.69, 9.17) is 5.73 Å². The molecule has 4 aromatic rings. The molecule has 0 aromatic carbocycles. The first-order valence-corrected chi connectivity index (χ1v) is 7.85. The van der Waals surface area contributed by atoms with Crippen LogP contribution in [0.25, 0.3) is 21.8 Å². The first kappa shape index (κ1) is 15.1. The molecule has 0 saturated carbocycles. The van der Waals surface area contributed by atoms with E-state index in [0.717, 1.165) is 28.3 Å². The van der Waals surface area contributed by atoms with Crippen LogP contribution in [0.1, 0.15) is 35.4 Å². The molecule has 0 unspecified atom stereocenters. The van der Waals surface area contributed by atoms with Crippen LogP contribution in [0, 0.1) is 0 Å². The summed E-state index contributed by atoms with van der Waals surface area (Å²) in [5.74, 6) is -0.575. The van der Waals surface area contributed by atoms with Crippen molar-refractivity contribution in [2.45, 2.75) is 19.4 Å². The minimum atomic E-state index is -0.575. The predicted molar refractivity (Wildman–Crippen MR) is 91.8 cm³/mol. The molecule has 124 valence electrons. The van der Waals surface area contributed by atoms with Gasteiger partial charge in [0, 0.05) is 34.9 Å². The van der Waals surface area contributed by atoms with E-state index in [1.165, 1.54) is 6.33 Å². The summed E-state index contributed by atoms with van der Waals surface area (Å²) in [6, 6.07) is 1.63. The van der Waals surface area contributed by atoms with Gasteiger partial charge < -0.3 is 5.73 Å². The standard InChI is InChI=1S/C17H15N7O/c1-2-15(10-4-19-9-20-5-10)24-16-11(7-23-24)6-21-14-8-22-13(17(18)25)3-12(14)16/h3-9,15H,2H2,1H3,(H2,18,25)/t15-/m0/s1. The summed E-state index contributed by atoms with van der Waals surface area (Å²) in [7, 11) is 0. The van der Waals surface area contributed by atoms with E-state index in [0.29, 0.717) is 5.52 Å². The number of primary amides is 1. The zero-order chi connectivity index (χ0) is 17.4. The second kappa shape index (κ2) is 5.90. The molecular formula is C17H15N7O. The van der Waals surface area contributed by atoms with Gasteiger partial charge in [-0.1, -0.05) is 6.92 Å². The van der Waals surface area contributed by atoms with E-state index in [-0.39, 0.29) is 11.7 Å². The molecule has 2 N–H and O–H groups in total. The third-order valence-electron chi connectivity index (χ3n) is 4.20. The number of nitrogens with two attached hydrogens (primary N) is 1. The van der Waals surface area contributed by atoms with Crippen molar-refractivity contribution >= 4 is 27.7 Å². The number of aromatic nitrogens is 6. The number of pyridine rings is 2. The Hall–Kier alpha value is -3.42. The van der Waals surface area contributed by atoms with Crippen molar-refractivity contribution in [1.29, 1.82) is 0 Å². The van der Waals surface area contributed by atoms with Crippen molar-refractivity contribution in [2.24, 2.45) is 5.73 Å². The van der Waals surface area contributed by atoms with Crippen LogP contribution in [0.4, 0.5) is 0 Å². The molecule has 0 bridgehead atoms. The molecule has 0 fully saturated rings. The third-order valence-corrected chi connectivity index (χ3v) is 4.20. The molecule has 4 heterocycles. The lowest BCUT2D eigenvalue weighted by Crippen LogP contribution is -2.14. The van der Waals surface area contributed by atoms with Gasteiger partial charge in [0.2, 0.25) is 0 Å². The van der Waals surface area contributed by atoms with Gasteiger partial charge in [-0.25, -0.2) is 15.0 Å². The highest BCUT2D eigenvalue weighted by Crippen LogP contribution is 2.29. The summed E-state index contributed by atoms with van der Waals surface area (Å²) in [4.78, 5) is 28.2. The highest BCUT2D eigenvalue weighted by atomic mass is 16.1. The number of carbonyl (C=O) groups is 1. The van der Waals surface area contributed by atoms with Gasteiger partial charge >= 0.3 is 0 Å². The van der Waals surface area contributed by atoms with Crippen molar-refractivity contribution in [3.63, 3.8) is 0 Å². The number of nitrogens with zero attached hydrogens (tertiary/aromatic N) is 6. The molecule has 0 aliphatic carbocycles. The van der Waals surface area contributed by atoms with Gasteiger partial charge in [0.1, 0.15) is 12.0 Å². The Labute approximate surface area is 142 Å². The van der Waals surface area contributed by atoms with Crippen molar-refractivity contribution in [3.8, 4) is 0 Å². The predicted octanol–water partition coefficient (Wildman–Crippen LogP) is 1.87. The zero-order valence-corrected chi connectivity index (χ0v) is 13.5. The summed E-state index contributed by atoms with van der Waals surface area (Å²) in [6.07, 6.45) is 10.9. The first-order chi connectivity index (χ1) is 12.2. The number of fused-ring (bicyclic) bond motifs is 3. The summed E-state index contributed by atoms with van der Waals surface area (Å²) in [5, 5.41) is 6.22. The third kappa shape index (κ3) is 2.47. The lowest BCUT2D eigenvalue weighted by Gasteiger charge is -2.17. The van der Waals surface area contributed by atoms with Gasteiger partial charge in [-0.2, -0.15) is 5.10 Å². The molecular weight excluding hydrogens is 318 g/mol. The molecule has 1 amide bonds. The van der Waals surface area contributed by atoms with Crippen LogP contribution in [-0.2, 0) is 0 Å². The van der Waals surface area contributed by atoms with Gasteiger partial charge in [-0.15, -0.1) is 0 Å². The van der Waals surface area contributed by atoms with Crippen molar-refractivity contribution in [1.82, 2.24) is 29.7 Å². The van der Waals surface area contributed by atoms with Crippen LogP contribution in [0.3, 0.4) is 0 Å². The quantitative estimate of drug-likeness (QED) is 0.610. The van der Waals surface area contributed by atoms with Gasteiger partial charge in [0.15, 0.2) is 0 Å². The van der Waals surface area contributed by atoms with Crippen LogP contribution in [-0.4, -0.2) is 35.6 Å². The Bertz CT molecular complexity index is 1070. The molecule has 0 aliphatic rings. The van der Waals surface area contributed by atoms with Gasteiger partial charge in [-0.3, -0.25) is 14.5 Å². The number of amides is 1. The normalized spacial score (nSPS) is 12.5. The second-order valence-electron chi connectivity index (χ2n) is 5.70. The second-order valence-corrected chi connectivity index (χ2v) is 5.70. The Balaban J connectivity index is 2.01. The van der Waals surface area contributed by atoms with E-state index < -0.39 is 5.91 Å². The molecule has 0 saturated heterocycles. The fraction of sp³-hybridized carbons (Fsp3) is 0.176. The molecule has 8 nitrogen and oxygen atoms in total. The maximum Gasteiger partial charge on any atom is 0.267 e. The molecule has 0 spiro atoms. The molecule has 0 radical (unpaired) electrons. The highest BCUT2D eigenvalue weighted by Gasteiger charge is 2.18. The van der Waals surface area contributed by atoms with Crippen molar-refractivity contribution in [3.05, 3.63) is 54.6 Å². The lowest BCUT2D eigenvalue weighted by atomic mass is 10.1. The van der Waals surface area contributed by atoms with Crippen LogP contribution >= 0.6 is 0 Å². The summed E-state index contributed by atoms with van der Waals surface area (Å²) in [5.41, 5.74) is 8.10. The average Bonchev–Trinajstić information content (AvgIpc) is 3.07. The van der Waals surface area contributed by atoms with Crippen molar-refractivity contribution in [2.75, 3.05) is 0 Å². The first-order valence-electron chi connectivity index (χ1n) is 7.85. The largest absolute Gasteiger partial charge is 0.364 e. The SMILES string of the molecule is CC[C@@H](c1cncnc1)n1ncc2cnc3cnc(C(N)=O)cc3c21. The Morgan fingerprint density at radius 1 is 1.16 bits per heavy atom. The average molecular weight is 333 g/mol. The maximum atomic E-state index is 11.5. The number of hydrogen-bond acceptors (Lipinski definition) is 6. The zero-order valence-electron chi connectivity index (χ0n) is 13.5. The monoisotopic (exact) mass is 333 g/mol. The lowest BCUT2D eigenvalue weighted by molar-refractivity contribution is 0.0996. The number of rotatable bonds is 4. The van der Waals surface area contributed by atoms with Crippen LogP contribution in [0.5, 0.6) is 0 Å². The van der Waals surface area contributed by atoms with E-state index in [1.807, 2.05) is 4.68 Å². The summed E-state index contributed by atoms with van der Waals surface area (Å²) < 4.78 is 1.92. The Morgan fingerprint density at radius 3 is 2.68 bits per heavy atom. The van der Waals surface area contributed by atoms with E-state index >= 15 is 0 Å². The van der Waals surface area contributed by atoms with Gasteiger partial charge in [0.25, 0.3) is 5.91 Å². The van der Waals surface area contributed by atoms with Crippen LogP contribution in [0.15, 0.2) is 43.4 Å². The molecule has 25 heavy (non-hydrogen) atoms. The summed E-state index contributed by atoms with van der Waals surface area (Å²) in [6.45, 7) is 2.07. The van der Waals surface area contributed by atoms with Gasteiger partial charge in [-0.05, 0) is 12.5 Å². The smallest absolute Gasteiger partial charge is 0.267 e. The topological polar surface area (TPSA) is 112 Å². The molecule has 4 rings (SSSR count). The van der Waals surface area contributed by atoms with Crippen molar-refractivity contribution < 1.29 is 4.79 Å². The number of hydrogen-bond donors (Lipinski definition) is 1. The Morgan fingerprint density at radius 2 is 1.96 bits per heavy atom. The molecule has 8 heteroatoms. The minimum Gasteiger partial charge on any atom is -0.364 e.